The molecule has 2 aromatic carbocycles. The number of carbonyl (C=O) groups is 3. The van der Waals surface area contributed by atoms with E-state index in [1.54, 1.807) is 41.3 Å². The molecule has 0 saturated carbocycles. The summed E-state index contributed by atoms with van der Waals surface area (Å²) in [5.74, 6) is -0.751. The lowest BCUT2D eigenvalue weighted by Crippen LogP contribution is -2.45. The molecule has 2 N–H and O–H groups in total. The van der Waals surface area contributed by atoms with Crippen LogP contribution in [0, 0.1) is 0 Å². The molecule has 1 atom stereocenters. The van der Waals surface area contributed by atoms with Gasteiger partial charge in [0.1, 0.15) is 6.04 Å². The van der Waals surface area contributed by atoms with Crippen LogP contribution in [0.3, 0.4) is 0 Å². The Morgan fingerprint density at radius 1 is 0.906 bits per heavy atom. The number of hydrogen-bond acceptors (Lipinski definition) is 4. The molecule has 0 aliphatic rings. The number of carbonyl (C=O) groups excluding carboxylic acids is 3. The van der Waals surface area contributed by atoms with Gasteiger partial charge in [-0.25, -0.2) is 0 Å². The Labute approximate surface area is 187 Å². The predicted octanol–water partition coefficient (Wildman–Crippen LogP) is 3.74. The molecule has 1 heterocycles. The van der Waals surface area contributed by atoms with E-state index in [0.717, 1.165) is 5.56 Å². The van der Waals surface area contributed by atoms with Crippen LogP contribution in [-0.4, -0.2) is 41.8 Å². The number of benzene rings is 2. The van der Waals surface area contributed by atoms with Crippen LogP contribution in [0.2, 0.25) is 0 Å². The molecular formula is C25H27N3O4. The molecule has 3 amide bonds. The van der Waals surface area contributed by atoms with E-state index in [4.69, 9.17) is 4.42 Å². The monoisotopic (exact) mass is 433 g/mol. The largest absolute Gasteiger partial charge is 0.459 e. The molecular weight excluding hydrogens is 406 g/mol. The second-order valence-electron chi connectivity index (χ2n) is 7.24. The van der Waals surface area contributed by atoms with Gasteiger partial charge in [0.25, 0.3) is 11.8 Å². The number of nitrogens with one attached hydrogen (secondary N) is 2. The summed E-state index contributed by atoms with van der Waals surface area (Å²) in [6.45, 7) is 5.12. The van der Waals surface area contributed by atoms with E-state index in [0.29, 0.717) is 30.8 Å². The maximum atomic E-state index is 13.0. The minimum atomic E-state index is -0.813. The van der Waals surface area contributed by atoms with E-state index in [1.165, 1.54) is 6.26 Å². The van der Waals surface area contributed by atoms with Crippen molar-refractivity contribution in [2.75, 3.05) is 18.4 Å². The molecule has 0 saturated heterocycles. The third-order valence-corrected chi connectivity index (χ3v) is 5.10. The maximum Gasteiger partial charge on any atom is 0.287 e. The molecule has 3 aromatic rings. The molecule has 0 fully saturated rings. The van der Waals surface area contributed by atoms with Crippen LogP contribution in [0.25, 0.3) is 0 Å². The summed E-state index contributed by atoms with van der Waals surface area (Å²) in [4.78, 5) is 39.7. The van der Waals surface area contributed by atoms with Gasteiger partial charge < -0.3 is 20.0 Å². The van der Waals surface area contributed by atoms with E-state index < -0.39 is 11.9 Å². The predicted molar refractivity (Wildman–Crippen MR) is 122 cm³/mol. The zero-order valence-electron chi connectivity index (χ0n) is 18.2. The molecule has 1 aromatic heterocycles. The first-order chi connectivity index (χ1) is 15.5. The maximum absolute atomic E-state index is 13.0. The average molecular weight is 434 g/mol. The van der Waals surface area contributed by atoms with Gasteiger partial charge in [-0.2, -0.15) is 0 Å². The molecule has 7 nitrogen and oxygen atoms in total. The van der Waals surface area contributed by atoms with Gasteiger partial charge in [0.2, 0.25) is 5.91 Å². The molecule has 0 aliphatic heterocycles. The Kier molecular flexibility index (Phi) is 7.80. The Bertz CT molecular complexity index is 1030. The van der Waals surface area contributed by atoms with Gasteiger partial charge in [-0.15, -0.1) is 0 Å². The molecule has 0 unspecified atom stereocenters. The van der Waals surface area contributed by atoms with E-state index >= 15 is 0 Å². The van der Waals surface area contributed by atoms with Crippen molar-refractivity contribution in [1.82, 2.24) is 10.2 Å². The molecule has 0 bridgehead atoms. The van der Waals surface area contributed by atoms with Crippen molar-refractivity contribution < 1.29 is 18.8 Å². The molecule has 32 heavy (non-hydrogen) atoms. The zero-order chi connectivity index (χ0) is 22.9. The molecule has 0 radical (unpaired) electrons. The van der Waals surface area contributed by atoms with Gasteiger partial charge in [0, 0.05) is 30.8 Å². The number of rotatable bonds is 9. The quantitative estimate of drug-likeness (QED) is 0.538. The van der Waals surface area contributed by atoms with E-state index in [9.17, 15) is 14.4 Å². The van der Waals surface area contributed by atoms with Crippen LogP contribution in [-0.2, 0) is 11.2 Å². The normalized spacial score (nSPS) is 11.4. The van der Waals surface area contributed by atoms with Crippen molar-refractivity contribution in [2.24, 2.45) is 0 Å². The van der Waals surface area contributed by atoms with E-state index in [1.807, 2.05) is 44.2 Å². The summed E-state index contributed by atoms with van der Waals surface area (Å²) in [6, 6.07) is 18.5. The third-order valence-electron chi connectivity index (χ3n) is 5.10. The fourth-order valence-electron chi connectivity index (χ4n) is 3.32. The first-order valence-electron chi connectivity index (χ1n) is 10.6. The SMILES string of the molecule is CCN(CC)C(=O)c1ccc(NC(=O)[C@H](Cc2ccccc2)NC(=O)c2ccco2)cc1. The summed E-state index contributed by atoms with van der Waals surface area (Å²) in [7, 11) is 0. The summed E-state index contributed by atoms with van der Waals surface area (Å²) in [5, 5.41) is 5.57. The standard InChI is InChI=1S/C25H27N3O4/c1-3-28(4-2)25(31)19-12-14-20(15-13-19)26-23(29)21(17-18-9-6-5-7-10-18)27-24(30)22-11-8-16-32-22/h5-16,21H,3-4,17H2,1-2H3,(H,26,29)(H,27,30)/t21-/m0/s1. The highest BCUT2D eigenvalue weighted by molar-refractivity contribution is 6.00. The van der Waals surface area contributed by atoms with Gasteiger partial charge in [0.05, 0.1) is 6.26 Å². The molecule has 0 aliphatic carbocycles. The molecule has 0 spiro atoms. The number of hydrogen-bond donors (Lipinski definition) is 2. The van der Waals surface area contributed by atoms with Crippen LogP contribution < -0.4 is 10.6 Å². The summed E-state index contributed by atoms with van der Waals surface area (Å²) in [6.07, 6.45) is 1.72. The Morgan fingerprint density at radius 3 is 2.19 bits per heavy atom. The molecule has 3 rings (SSSR count). The lowest BCUT2D eigenvalue weighted by Gasteiger charge is -2.20. The van der Waals surface area contributed by atoms with Crippen molar-refractivity contribution in [2.45, 2.75) is 26.3 Å². The Balaban J connectivity index is 1.72. The third kappa shape index (κ3) is 5.85. The van der Waals surface area contributed by atoms with Gasteiger partial charge >= 0.3 is 0 Å². The topological polar surface area (TPSA) is 91.7 Å². The van der Waals surface area contributed by atoms with Crippen molar-refractivity contribution in [3.8, 4) is 0 Å². The second kappa shape index (κ2) is 10.9. The van der Waals surface area contributed by atoms with E-state index in [-0.39, 0.29) is 17.6 Å². The lowest BCUT2D eigenvalue weighted by atomic mass is 10.0. The van der Waals surface area contributed by atoms with Gasteiger partial charge in [-0.05, 0) is 55.8 Å². The zero-order valence-corrected chi connectivity index (χ0v) is 18.2. The van der Waals surface area contributed by atoms with Crippen molar-refractivity contribution in [3.63, 3.8) is 0 Å². The summed E-state index contributed by atoms with van der Waals surface area (Å²) < 4.78 is 5.14. The highest BCUT2D eigenvalue weighted by Crippen LogP contribution is 2.14. The summed E-state index contributed by atoms with van der Waals surface area (Å²) >= 11 is 0. The molecule has 7 heteroatoms. The minimum absolute atomic E-state index is 0.0551. The Hall–Kier alpha value is -3.87. The first-order valence-corrected chi connectivity index (χ1v) is 10.6. The highest BCUT2D eigenvalue weighted by atomic mass is 16.3. The number of anilines is 1. The first kappa shape index (κ1) is 22.8. The van der Waals surface area contributed by atoms with Gasteiger partial charge in [-0.1, -0.05) is 30.3 Å². The van der Waals surface area contributed by atoms with Crippen molar-refractivity contribution >= 4 is 23.4 Å². The van der Waals surface area contributed by atoms with Crippen LogP contribution >= 0.6 is 0 Å². The number of furan rings is 1. The lowest BCUT2D eigenvalue weighted by molar-refractivity contribution is -0.118. The minimum Gasteiger partial charge on any atom is -0.459 e. The number of amides is 3. The fraction of sp³-hybridized carbons (Fsp3) is 0.240. The fourth-order valence-corrected chi connectivity index (χ4v) is 3.32. The van der Waals surface area contributed by atoms with Gasteiger partial charge in [0.15, 0.2) is 5.76 Å². The van der Waals surface area contributed by atoms with E-state index in [2.05, 4.69) is 10.6 Å². The van der Waals surface area contributed by atoms with Gasteiger partial charge in [-0.3, -0.25) is 14.4 Å². The smallest absolute Gasteiger partial charge is 0.287 e. The van der Waals surface area contributed by atoms with Crippen LogP contribution in [0.15, 0.2) is 77.4 Å². The number of nitrogens with zero attached hydrogens (tertiary/aromatic N) is 1. The van der Waals surface area contributed by atoms with Crippen LogP contribution in [0.5, 0.6) is 0 Å². The Morgan fingerprint density at radius 2 is 1.59 bits per heavy atom. The second-order valence-corrected chi connectivity index (χ2v) is 7.24. The van der Waals surface area contributed by atoms with Crippen molar-refractivity contribution in [3.05, 3.63) is 89.9 Å². The van der Waals surface area contributed by atoms with Crippen LogP contribution in [0.1, 0.15) is 40.3 Å². The van der Waals surface area contributed by atoms with Crippen molar-refractivity contribution in [1.29, 1.82) is 0 Å². The highest BCUT2D eigenvalue weighted by Gasteiger charge is 2.23. The summed E-state index contributed by atoms with van der Waals surface area (Å²) in [5.41, 5.74) is 2.00. The van der Waals surface area contributed by atoms with Crippen LogP contribution in [0.4, 0.5) is 5.69 Å². The average Bonchev–Trinajstić information content (AvgIpc) is 3.36. The molecule has 166 valence electrons.